The number of rotatable bonds is 5. The Morgan fingerprint density at radius 3 is 2.54 bits per heavy atom. The molecule has 0 unspecified atom stereocenters. The lowest BCUT2D eigenvalue weighted by molar-refractivity contribution is -0.384. The summed E-state index contributed by atoms with van der Waals surface area (Å²) in [5, 5.41) is 10.9. The number of thioether (sulfide) groups is 1. The van der Waals surface area contributed by atoms with E-state index in [1.165, 1.54) is 37.1 Å². The van der Waals surface area contributed by atoms with Crippen molar-refractivity contribution in [2.24, 2.45) is 0 Å². The van der Waals surface area contributed by atoms with Gasteiger partial charge in [0.15, 0.2) is 0 Å². The Morgan fingerprint density at radius 2 is 1.92 bits per heavy atom. The fourth-order valence-electron chi connectivity index (χ4n) is 2.59. The molecular weight excluding hydrogens is 380 g/mol. The molecule has 1 saturated heterocycles. The Labute approximate surface area is 158 Å². The minimum absolute atomic E-state index is 0.0340. The smallest absolute Gasteiger partial charge is 0.273 e. The number of nitro benzene ring substituents is 1. The van der Waals surface area contributed by atoms with Crippen molar-refractivity contribution in [1.82, 2.24) is 0 Å². The van der Waals surface area contributed by atoms with Crippen molar-refractivity contribution in [1.29, 1.82) is 0 Å². The van der Waals surface area contributed by atoms with Gasteiger partial charge < -0.3 is 4.74 Å². The zero-order chi connectivity index (χ0) is 18.8. The van der Waals surface area contributed by atoms with E-state index in [0.29, 0.717) is 5.02 Å². The first kappa shape index (κ1) is 18.2. The predicted molar refractivity (Wildman–Crippen MR) is 97.9 cm³/mol. The third-order valence-corrected chi connectivity index (χ3v) is 5.26. The molecule has 7 nitrogen and oxygen atoms in total. The van der Waals surface area contributed by atoms with Crippen molar-refractivity contribution < 1.29 is 19.2 Å². The Kier molecular flexibility index (Phi) is 5.15. The third kappa shape index (κ3) is 3.51. The molecule has 2 aromatic rings. The highest BCUT2D eigenvalue weighted by Crippen LogP contribution is 2.39. The van der Waals surface area contributed by atoms with Crippen LogP contribution in [-0.2, 0) is 9.59 Å². The summed E-state index contributed by atoms with van der Waals surface area (Å²) in [6.07, 6.45) is 0.0340. The van der Waals surface area contributed by atoms with Crippen molar-refractivity contribution in [3.05, 3.63) is 57.6 Å². The van der Waals surface area contributed by atoms with E-state index in [9.17, 15) is 19.7 Å². The second kappa shape index (κ2) is 7.35. The SMILES string of the molecule is COc1cc([N+](=O)[O-])ccc1N1C(=O)C[C@H](Sc2ccc(Cl)cc2)C1=O. The molecule has 1 aliphatic rings. The van der Waals surface area contributed by atoms with Crippen molar-refractivity contribution in [2.75, 3.05) is 12.0 Å². The zero-order valence-electron chi connectivity index (χ0n) is 13.5. The standard InChI is InChI=1S/C17H13ClN2O5S/c1-25-14-8-11(20(23)24)4-7-13(14)19-16(21)9-15(17(19)22)26-12-5-2-10(18)3-6-12/h2-8,15H,9H2,1H3/t15-/m0/s1. The number of ether oxygens (including phenoxy) is 1. The zero-order valence-corrected chi connectivity index (χ0v) is 15.1. The van der Waals surface area contributed by atoms with Crippen molar-refractivity contribution >= 4 is 46.6 Å². The average Bonchev–Trinajstić information content (AvgIpc) is 2.89. The molecule has 0 N–H and O–H groups in total. The monoisotopic (exact) mass is 392 g/mol. The molecule has 0 radical (unpaired) electrons. The summed E-state index contributed by atoms with van der Waals surface area (Å²) in [7, 11) is 1.33. The first-order valence-corrected chi connectivity index (χ1v) is 8.78. The number of imide groups is 1. The highest BCUT2D eigenvalue weighted by atomic mass is 35.5. The van der Waals surface area contributed by atoms with Crippen LogP contribution in [0.4, 0.5) is 11.4 Å². The van der Waals surface area contributed by atoms with Gasteiger partial charge in [-0.2, -0.15) is 0 Å². The maximum Gasteiger partial charge on any atom is 0.273 e. The normalized spacial score (nSPS) is 16.8. The molecular formula is C17H13ClN2O5S. The van der Waals surface area contributed by atoms with Crippen LogP contribution in [0.5, 0.6) is 5.75 Å². The van der Waals surface area contributed by atoms with Crippen molar-refractivity contribution in [3.8, 4) is 5.75 Å². The van der Waals surface area contributed by atoms with Crippen LogP contribution in [0.1, 0.15) is 6.42 Å². The van der Waals surface area contributed by atoms with E-state index in [2.05, 4.69) is 0 Å². The molecule has 2 aromatic carbocycles. The number of nitro groups is 1. The van der Waals surface area contributed by atoms with Gasteiger partial charge in [-0.1, -0.05) is 11.6 Å². The Morgan fingerprint density at radius 1 is 1.23 bits per heavy atom. The number of amides is 2. The molecule has 1 aliphatic heterocycles. The lowest BCUT2D eigenvalue weighted by Crippen LogP contribution is -2.31. The summed E-state index contributed by atoms with van der Waals surface area (Å²) in [5.41, 5.74) is 0.0177. The van der Waals surface area contributed by atoms with Gasteiger partial charge in [0.1, 0.15) is 5.75 Å². The Hall–Kier alpha value is -2.58. The first-order valence-electron chi connectivity index (χ1n) is 7.52. The molecule has 2 amide bonds. The summed E-state index contributed by atoms with van der Waals surface area (Å²) < 4.78 is 5.14. The number of hydrogen-bond acceptors (Lipinski definition) is 6. The molecule has 0 saturated carbocycles. The van der Waals surface area contributed by atoms with Gasteiger partial charge in [0, 0.05) is 22.4 Å². The van der Waals surface area contributed by atoms with E-state index >= 15 is 0 Å². The fourth-order valence-corrected chi connectivity index (χ4v) is 3.77. The van der Waals surface area contributed by atoms with Crippen molar-refractivity contribution in [2.45, 2.75) is 16.6 Å². The average molecular weight is 393 g/mol. The molecule has 134 valence electrons. The first-order chi connectivity index (χ1) is 12.4. The second-order valence-electron chi connectivity index (χ2n) is 5.45. The number of carbonyl (C=O) groups excluding carboxylic acids is 2. The van der Waals surface area contributed by atoms with Crippen molar-refractivity contribution in [3.63, 3.8) is 0 Å². The number of benzene rings is 2. The second-order valence-corrected chi connectivity index (χ2v) is 7.16. The number of methoxy groups -OCH3 is 1. The van der Waals surface area contributed by atoms with E-state index in [0.717, 1.165) is 9.80 Å². The molecule has 1 atom stereocenters. The molecule has 1 fully saturated rings. The van der Waals surface area contributed by atoms with Gasteiger partial charge >= 0.3 is 0 Å². The highest BCUT2D eigenvalue weighted by Gasteiger charge is 2.41. The van der Waals surface area contributed by atoms with Crippen LogP contribution in [0.15, 0.2) is 47.4 Å². The van der Waals surface area contributed by atoms with Gasteiger partial charge in [-0.15, -0.1) is 11.8 Å². The summed E-state index contributed by atoms with van der Waals surface area (Å²) >= 11 is 7.12. The maximum atomic E-state index is 12.7. The van der Waals surface area contributed by atoms with E-state index in [4.69, 9.17) is 16.3 Å². The van der Waals surface area contributed by atoms with Crippen LogP contribution in [0.25, 0.3) is 0 Å². The summed E-state index contributed by atoms with van der Waals surface area (Å²) in [6.45, 7) is 0. The maximum absolute atomic E-state index is 12.7. The summed E-state index contributed by atoms with van der Waals surface area (Å²) in [4.78, 5) is 37.3. The van der Waals surface area contributed by atoms with Crippen LogP contribution in [0, 0.1) is 10.1 Å². The van der Waals surface area contributed by atoms with Gasteiger partial charge in [0.25, 0.3) is 5.69 Å². The molecule has 0 aliphatic carbocycles. The van der Waals surface area contributed by atoms with E-state index < -0.39 is 10.2 Å². The molecule has 0 bridgehead atoms. The molecule has 9 heteroatoms. The Balaban J connectivity index is 1.87. The van der Waals surface area contributed by atoms with Crippen LogP contribution in [-0.4, -0.2) is 29.1 Å². The quantitative estimate of drug-likeness (QED) is 0.438. The van der Waals surface area contributed by atoms with Crippen LogP contribution >= 0.6 is 23.4 Å². The highest BCUT2D eigenvalue weighted by molar-refractivity contribution is 8.00. The number of hydrogen-bond donors (Lipinski definition) is 0. The fraction of sp³-hybridized carbons (Fsp3) is 0.176. The van der Waals surface area contributed by atoms with Crippen LogP contribution in [0.2, 0.25) is 5.02 Å². The van der Waals surface area contributed by atoms with Crippen LogP contribution in [0.3, 0.4) is 0 Å². The number of anilines is 1. The third-order valence-electron chi connectivity index (χ3n) is 3.81. The summed E-state index contributed by atoms with van der Waals surface area (Å²) in [5.74, 6) is -0.672. The predicted octanol–water partition coefficient (Wildman–Crippen LogP) is 3.68. The molecule has 3 rings (SSSR count). The molecule has 26 heavy (non-hydrogen) atoms. The van der Waals surface area contributed by atoms with E-state index in [1.54, 1.807) is 24.3 Å². The number of halogens is 1. The largest absolute Gasteiger partial charge is 0.494 e. The lowest BCUT2D eigenvalue weighted by atomic mass is 10.2. The molecule has 0 aromatic heterocycles. The number of nitrogens with zero attached hydrogens (tertiary/aromatic N) is 2. The van der Waals surface area contributed by atoms with E-state index in [-0.39, 0.29) is 35.4 Å². The topological polar surface area (TPSA) is 89.8 Å². The number of non-ortho nitro benzene ring substituents is 1. The summed E-state index contributed by atoms with van der Waals surface area (Å²) in [6, 6.07) is 10.8. The van der Waals surface area contributed by atoms with E-state index in [1.807, 2.05) is 0 Å². The lowest BCUT2D eigenvalue weighted by Gasteiger charge is -2.17. The minimum Gasteiger partial charge on any atom is -0.494 e. The van der Waals surface area contributed by atoms with Gasteiger partial charge in [0.05, 0.1) is 29.0 Å². The van der Waals surface area contributed by atoms with Gasteiger partial charge in [-0.3, -0.25) is 19.7 Å². The molecule has 0 spiro atoms. The van der Waals surface area contributed by atoms with Crippen LogP contribution < -0.4 is 9.64 Å². The Bertz CT molecular complexity index is 887. The van der Waals surface area contributed by atoms with Gasteiger partial charge in [0.2, 0.25) is 11.8 Å². The van der Waals surface area contributed by atoms with Gasteiger partial charge in [-0.05, 0) is 30.3 Å². The van der Waals surface area contributed by atoms with Gasteiger partial charge in [-0.25, -0.2) is 4.90 Å². The minimum atomic E-state index is -0.580. The number of carbonyl (C=O) groups is 2. The molecule has 1 heterocycles.